The van der Waals surface area contributed by atoms with Crippen LogP contribution in [0, 0.1) is 11.6 Å². The van der Waals surface area contributed by atoms with Crippen molar-refractivity contribution in [2.24, 2.45) is 0 Å². The van der Waals surface area contributed by atoms with E-state index in [2.05, 4.69) is 21.2 Å². The summed E-state index contributed by atoms with van der Waals surface area (Å²) in [6.45, 7) is 0. The Labute approximate surface area is 138 Å². The molecule has 0 bridgehead atoms. The van der Waals surface area contributed by atoms with Gasteiger partial charge in [0, 0.05) is 10.5 Å². The highest BCUT2D eigenvalue weighted by atomic mass is 79.9. The number of rotatable bonds is 3. The second-order valence-corrected chi connectivity index (χ2v) is 5.89. The molecule has 0 radical (unpaired) electrons. The molecule has 110 valence electrons. The van der Waals surface area contributed by atoms with E-state index in [1.165, 1.54) is 0 Å². The first kappa shape index (κ1) is 16.2. The summed E-state index contributed by atoms with van der Waals surface area (Å²) in [7, 11) is 0. The average molecular weight is 395 g/mol. The molecule has 0 atom stereocenters. The maximum absolute atomic E-state index is 13.6. The number of benzene rings is 2. The van der Waals surface area contributed by atoms with Gasteiger partial charge in [-0.3, -0.25) is 4.79 Å². The summed E-state index contributed by atoms with van der Waals surface area (Å²) >= 11 is 14.6. The molecule has 0 fully saturated rings. The number of carbonyl (C=O) groups excluding carboxylic acids is 1. The highest BCUT2D eigenvalue weighted by Crippen LogP contribution is 2.27. The molecule has 2 aromatic carbocycles. The van der Waals surface area contributed by atoms with Gasteiger partial charge in [-0.1, -0.05) is 29.3 Å². The standard InChI is InChI=1S/C14H8BrCl2F2NO/c15-9-5-8(18)6-12(19)14(9)20-13(21)4-7-1-2-10(16)11(17)3-7/h1-3,5-6H,4H2,(H,20,21). The predicted molar refractivity (Wildman–Crippen MR) is 82.9 cm³/mol. The average Bonchev–Trinajstić information content (AvgIpc) is 2.38. The van der Waals surface area contributed by atoms with Gasteiger partial charge in [-0.05, 0) is 39.7 Å². The van der Waals surface area contributed by atoms with E-state index in [1.807, 2.05) is 0 Å². The first-order valence-electron chi connectivity index (χ1n) is 5.75. The van der Waals surface area contributed by atoms with Gasteiger partial charge in [0.2, 0.25) is 5.91 Å². The van der Waals surface area contributed by atoms with E-state index >= 15 is 0 Å². The molecule has 2 aromatic rings. The SMILES string of the molecule is O=C(Cc1ccc(Cl)c(Cl)c1)Nc1c(F)cc(F)cc1Br. The monoisotopic (exact) mass is 393 g/mol. The van der Waals surface area contributed by atoms with Gasteiger partial charge in [0.15, 0.2) is 5.82 Å². The number of nitrogens with one attached hydrogen (secondary N) is 1. The van der Waals surface area contributed by atoms with Crippen LogP contribution in [0.5, 0.6) is 0 Å². The lowest BCUT2D eigenvalue weighted by atomic mass is 10.1. The highest BCUT2D eigenvalue weighted by molar-refractivity contribution is 9.10. The van der Waals surface area contributed by atoms with E-state index in [4.69, 9.17) is 23.2 Å². The van der Waals surface area contributed by atoms with Crippen molar-refractivity contribution in [1.29, 1.82) is 0 Å². The molecule has 0 unspecified atom stereocenters. The maximum Gasteiger partial charge on any atom is 0.228 e. The molecule has 0 aromatic heterocycles. The van der Waals surface area contributed by atoms with Crippen LogP contribution in [0.2, 0.25) is 10.0 Å². The Kier molecular flexibility index (Phi) is 5.19. The van der Waals surface area contributed by atoms with Crippen LogP contribution in [0.1, 0.15) is 5.56 Å². The molecule has 0 saturated heterocycles. The lowest BCUT2D eigenvalue weighted by Crippen LogP contribution is -2.16. The summed E-state index contributed by atoms with van der Waals surface area (Å²) in [5, 5.41) is 3.10. The Morgan fingerprint density at radius 2 is 1.86 bits per heavy atom. The normalized spacial score (nSPS) is 10.5. The van der Waals surface area contributed by atoms with Crippen molar-refractivity contribution in [2.75, 3.05) is 5.32 Å². The van der Waals surface area contributed by atoms with Crippen molar-refractivity contribution in [3.05, 3.63) is 62.0 Å². The number of anilines is 1. The molecule has 0 spiro atoms. The smallest absolute Gasteiger partial charge is 0.228 e. The van der Waals surface area contributed by atoms with Gasteiger partial charge >= 0.3 is 0 Å². The van der Waals surface area contributed by atoms with Gasteiger partial charge in [-0.25, -0.2) is 8.78 Å². The summed E-state index contributed by atoms with van der Waals surface area (Å²) in [4.78, 5) is 11.9. The number of amides is 1. The van der Waals surface area contributed by atoms with Crippen molar-refractivity contribution in [2.45, 2.75) is 6.42 Å². The van der Waals surface area contributed by atoms with Gasteiger partial charge in [0.1, 0.15) is 5.82 Å². The van der Waals surface area contributed by atoms with Crippen LogP contribution >= 0.6 is 39.1 Å². The summed E-state index contributed by atoms with van der Waals surface area (Å²) < 4.78 is 26.7. The molecule has 0 saturated carbocycles. The van der Waals surface area contributed by atoms with E-state index in [-0.39, 0.29) is 16.6 Å². The van der Waals surface area contributed by atoms with Crippen LogP contribution in [0.3, 0.4) is 0 Å². The van der Waals surface area contributed by atoms with Crippen LogP contribution in [0.4, 0.5) is 14.5 Å². The molecule has 2 nitrogen and oxygen atoms in total. The van der Waals surface area contributed by atoms with Crippen LogP contribution in [0.25, 0.3) is 0 Å². The van der Waals surface area contributed by atoms with Gasteiger partial charge in [0.05, 0.1) is 22.2 Å². The molecule has 0 heterocycles. The summed E-state index contributed by atoms with van der Waals surface area (Å²) in [5.74, 6) is -2.05. The highest BCUT2D eigenvalue weighted by Gasteiger charge is 2.13. The van der Waals surface area contributed by atoms with Crippen molar-refractivity contribution in [1.82, 2.24) is 0 Å². The minimum Gasteiger partial charge on any atom is -0.322 e. The van der Waals surface area contributed by atoms with Crippen molar-refractivity contribution >= 4 is 50.7 Å². The predicted octanol–water partition coefficient (Wildman–Crippen LogP) is 5.22. The molecule has 0 aliphatic heterocycles. The topological polar surface area (TPSA) is 29.1 Å². The number of carbonyl (C=O) groups is 1. The van der Waals surface area contributed by atoms with E-state index in [0.29, 0.717) is 21.7 Å². The molecule has 2 rings (SSSR count). The molecular formula is C14H8BrCl2F2NO. The van der Waals surface area contributed by atoms with E-state index < -0.39 is 17.5 Å². The van der Waals surface area contributed by atoms with Gasteiger partial charge in [0.25, 0.3) is 0 Å². The van der Waals surface area contributed by atoms with Crippen molar-refractivity contribution < 1.29 is 13.6 Å². The van der Waals surface area contributed by atoms with E-state index in [1.54, 1.807) is 18.2 Å². The minimum absolute atomic E-state index is 0.0137. The fourth-order valence-corrected chi connectivity index (χ4v) is 2.51. The Morgan fingerprint density at radius 3 is 2.48 bits per heavy atom. The maximum atomic E-state index is 13.6. The first-order chi connectivity index (χ1) is 9.86. The summed E-state index contributed by atoms with van der Waals surface area (Å²) in [6.07, 6.45) is -0.0137. The molecule has 7 heteroatoms. The fraction of sp³-hybridized carbons (Fsp3) is 0.0714. The third-order valence-electron chi connectivity index (χ3n) is 2.62. The molecule has 0 aliphatic carbocycles. The first-order valence-corrected chi connectivity index (χ1v) is 7.30. The summed E-state index contributed by atoms with van der Waals surface area (Å²) in [6, 6.07) is 6.53. The molecular weight excluding hydrogens is 387 g/mol. The Balaban J connectivity index is 2.13. The Hall–Kier alpha value is -1.17. The van der Waals surface area contributed by atoms with Crippen LogP contribution in [0.15, 0.2) is 34.8 Å². The van der Waals surface area contributed by atoms with Gasteiger partial charge in [-0.15, -0.1) is 0 Å². The van der Waals surface area contributed by atoms with Gasteiger partial charge in [-0.2, -0.15) is 0 Å². The largest absolute Gasteiger partial charge is 0.322 e. The molecule has 0 aliphatic rings. The second kappa shape index (κ2) is 6.73. The zero-order valence-corrected chi connectivity index (χ0v) is 13.5. The minimum atomic E-state index is -0.857. The summed E-state index contributed by atoms with van der Waals surface area (Å²) in [5.41, 5.74) is 0.516. The second-order valence-electron chi connectivity index (χ2n) is 4.22. The number of hydrogen-bond acceptors (Lipinski definition) is 1. The van der Waals surface area contributed by atoms with Crippen molar-refractivity contribution in [3.63, 3.8) is 0 Å². The Bertz CT molecular complexity index is 686. The van der Waals surface area contributed by atoms with Crippen LogP contribution in [-0.4, -0.2) is 5.91 Å². The third-order valence-corrected chi connectivity index (χ3v) is 3.98. The quantitative estimate of drug-likeness (QED) is 0.760. The fourth-order valence-electron chi connectivity index (χ4n) is 1.68. The molecule has 1 N–H and O–H groups in total. The number of hydrogen-bond donors (Lipinski definition) is 1. The van der Waals surface area contributed by atoms with E-state index in [9.17, 15) is 13.6 Å². The lowest BCUT2D eigenvalue weighted by Gasteiger charge is -2.09. The molecule has 21 heavy (non-hydrogen) atoms. The number of halogens is 5. The van der Waals surface area contributed by atoms with E-state index in [0.717, 1.165) is 6.07 Å². The zero-order valence-electron chi connectivity index (χ0n) is 10.4. The molecule has 1 amide bonds. The lowest BCUT2D eigenvalue weighted by molar-refractivity contribution is -0.115. The van der Waals surface area contributed by atoms with Gasteiger partial charge < -0.3 is 5.32 Å². The van der Waals surface area contributed by atoms with Crippen LogP contribution in [-0.2, 0) is 11.2 Å². The third kappa shape index (κ3) is 4.15. The Morgan fingerprint density at radius 1 is 1.14 bits per heavy atom. The zero-order chi connectivity index (χ0) is 15.6. The van der Waals surface area contributed by atoms with Crippen LogP contribution < -0.4 is 5.32 Å². The van der Waals surface area contributed by atoms with Crippen molar-refractivity contribution in [3.8, 4) is 0 Å².